The molecule has 1 aromatic heterocycles. The molecule has 1 unspecified atom stereocenters. The lowest BCUT2D eigenvalue weighted by Gasteiger charge is -2.23. The summed E-state index contributed by atoms with van der Waals surface area (Å²) in [5.41, 5.74) is 3.99. The maximum Gasteiger partial charge on any atom is 0.0643 e. The van der Waals surface area contributed by atoms with Crippen molar-refractivity contribution in [2.75, 3.05) is 6.61 Å². The van der Waals surface area contributed by atoms with Gasteiger partial charge in [-0.15, -0.1) is 0 Å². The normalized spacial score (nSPS) is 14.1. The molecule has 0 aliphatic carbocycles. The molecule has 3 nitrogen and oxygen atoms in total. The van der Waals surface area contributed by atoms with Crippen LogP contribution < -0.4 is 11.3 Å². The summed E-state index contributed by atoms with van der Waals surface area (Å²) in [4.78, 5) is 0. The zero-order valence-electron chi connectivity index (χ0n) is 9.62. The van der Waals surface area contributed by atoms with Crippen LogP contribution in [0.15, 0.2) is 16.8 Å². The molecule has 3 N–H and O–H groups in total. The second-order valence-corrected chi connectivity index (χ2v) is 5.40. The molecule has 1 rings (SSSR count). The minimum Gasteiger partial charge on any atom is -0.374 e. The molecule has 1 aromatic rings. The smallest absolute Gasteiger partial charge is 0.0643 e. The van der Waals surface area contributed by atoms with E-state index in [1.807, 2.05) is 20.8 Å². The van der Waals surface area contributed by atoms with Crippen molar-refractivity contribution in [1.82, 2.24) is 5.43 Å². The van der Waals surface area contributed by atoms with Crippen LogP contribution in [0.5, 0.6) is 0 Å². The van der Waals surface area contributed by atoms with Gasteiger partial charge in [0.05, 0.1) is 12.2 Å². The lowest BCUT2D eigenvalue weighted by atomic mass is 10.1. The molecule has 1 atom stereocenters. The first-order chi connectivity index (χ1) is 7.01. The lowest BCUT2D eigenvalue weighted by Crippen LogP contribution is -2.42. The molecule has 15 heavy (non-hydrogen) atoms. The van der Waals surface area contributed by atoms with E-state index in [1.165, 1.54) is 5.56 Å². The number of hydrogen-bond donors (Lipinski definition) is 2. The molecule has 0 aromatic carbocycles. The van der Waals surface area contributed by atoms with Crippen molar-refractivity contribution in [3.63, 3.8) is 0 Å². The molecular formula is C11H20N2OS. The number of hydrogen-bond acceptors (Lipinski definition) is 4. The van der Waals surface area contributed by atoms with Gasteiger partial charge in [0, 0.05) is 6.04 Å². The van der Waals surface area contributed by atoms with Gasteiger partial charge in [0.1, 0.15) is 0 Å². The van der Waals surface area contributed by atoms with Crippen LogP contribution in [-0.2, 0) is 11.2 Å². The number of ether oxygens (including phenoxy) is 1. The van der Waals surface area contributed by atoms with Gasteiger partial charge in [-0.1, -0.05) is 0 Å². The van der Waals surface area contributed by atoms with Gasteiger partial charge < -0.3 is 4.74 Å². The predicted molar refractivity (Wildman–Crippen MR) is 64.8 cm³/mol. The van der Waals surface area contributed by atoms with Gasteiger partial charge >= 0.3 is 0 Å². The minimum absolute atomic E-state index is 0.107. The summed E-state index contributed by atoms with van der Waals surface area (Å²) in [6.45, 7) is 6.78. The fourth-order valence-corrected chi connectivity index (χ4v) is 1.89. The standard InChI is InChI=1S/C11H20N2OS/c1-11(2,3)14-7-10(13-12)6-9-4-5-15-8-9/h4-5,8,10,13H,6-7,12H2,1-3H3. The molecule has 0 saturated heterocycles. The van der Waals surface area contributed by atoms with E-state index in [0.29, 0.717) is 6.61 Å². The Bertz CT molecular complexity index is 267. The van der Waals surface area contributed by atoms with E-state index in [9.17, 15) is 0 Å². The highest BCUT2D eigenvalue weighted by atomic mass is 32.1. The lowest BCUT2D eigenvalue weighted by molar-refractivity contribution is -0.0143. The van der Waals surface area contributed by atoms with E-state index in [-0.39, 0.29) is 11.6 Å². The first kappa shape index (κ1) is 12.6. The second-order valence-electron chi connectivity index (χ2n) is 4.62. The van der Waals surface area contributed by atoms with Crippen LogP contribution in [0.25, 0.3) is 0 Å². The second kappa shape index (κ2) is 5.61. The molecule has 0 aliphatic rings. The molecule has 0 fully saturated rings. The molecule has 0 bridgehead atoms. The largest absolute Gasteiger partial charge is 0.374 e. The zero-order valence-corrected chi connectivity index (χ0v) is 10.4. The van der Waals surface area contributed by atoms with Crippen LogP contribution >= 0.6 is 11.3 Å². The quantitative estimate of drug-likeness (QED) is 0.598. The molecule has 0 saturated carbocycles. The van der Waals surface area contributed by atoms with Crippen LogP contribution in [-0.4, -0.2) is 18.2 Å². The van der Waals surface area contributed by atoms with Crippen LogP contribution in [0.3, 0.4) is 0 Å². The van der Waals surface area contributed by atoms with Crippen molar-refractivity contribution in [2.24, 2.45) is 5.84 Å². The SMILES string of the molecule is CC(C)(C)OCC(Cc1ccsc1)NN. The van der Waals surface area contributed by atoms with E-state index in [0.717, 1.165) is 6.42 Å². The number of hydrazine groups is 1. The van der Waals surface area contributed by atoms with Crippen molar-refractivity contribution >= 4 is 11.3 Å². The Balaban J connectivity index is 2.36. The summed E-state index contributed by atoms with van der Waals surface area (Å²) in [6.07, 6.45) is 0.913. The van der Waals surface area contributed by atoms with Gasteiger partial charge in [0.15, 0.2) is 0 Å². The predicted octanol–water partition coefficient (Wildman–Crippen LogP) is 1.94. The molecule has 4 heteroatoms. The summed E-state index contributed by atoms with van der Waals surface area (Å²) in [6, 6.07) is 2.30. The maximum atomic E-state index is 5.69. The van der Waals surface area contributed by atoms with E-state index in [2.05, 4.69) is 22.3 Å². The summed E-state index contributed by atoms with van der Waals surface area (Å²) in [7, 11) is 0. The van der Waals surface area contributed by atoms with Crippen LogP contribution in [0.1, 0.15) is 26.3 Å². The molecule has 86 valence electrons. The third-order valence-electron chi connectivity index (χ3n) is 2.02. The monoisotopic (exact) mass is 228 g/mol. The average molecular weight is 228 g/mol. The van der Waals surface area contributed by atoms with Gasteiger partial charge in [0.2, 0.25) is 0 Å². The van der Waals surface area contributed by atoms with Crippen molar-refractivity contribution < 1.29 is 4.74 Å². The summed E-state index contributed by atoms with van der Waals surface area (Å²) < 4.78 is 5.69. The van der Waals surface area contributed by atoms with Gasteiger partial charge in [0.25, 0.3) is 0 Å². The van der Waals surface area contributed by atoms with Crippen LogP contribution in [0, 0.1) is 0 Å². The van der Waals surface area contributed by atoms with Crippen molar-refractivity contribution in [3.05, 3.63) is 22.4 Å². The Kier molecular flexibility index (Phi) is 4.73. The fraction of sp³-hybridized carbons (Fsp3) is 0.636. The first-order valence-corrected chi connectivity index (χ1v) is 6.07. The van der Waals surface area contributed by atoms with E-state index in [1.54, 1.807) is 11.3 Å². The average Bonchev–Trinajstić information content (AvgIpc) is 2.63. The zero-order chi connectivity index (χ0) is 11.3. The number of nitrogens with one attached hydrogen (secondary N) is 1. The minimum atomic E-state index is -0.107. The van der Waals surface area contributed by atoms with Gasteiger partial charge in [-0.05, 0) is 49.6 Å². The van der Waals surface area contributed by atoms with Gasteiger partial charge in [-0.25, -0.2) is 0 Å². The summed E-state index contributed by atoms with van der Waals surface area (Å²) in [5, 5.41) is 4.22. The van der Waals surface area contributed by atoms with Gasteiger partial charge in [-0.3, -0.25) is 11.3 Å². The summed E-state index contributed by atoms with van der Waals surface area (Å²) in [5.74, 6) is 5.49. The van der Waals surface area contributed by atoms with Crippen molar-refractivity contribution in [3.8, 4) is 0 Å². The van der Waals surface area contributed by atoms with Crippen LogP contribution in [0.4, 0.5) is 0 Å². The van der Waals surface area contributed by atoms with Crippen molar-refractivity contribution in [1.29, 1.82) is 0 Å². The third kappa shape index (κ3) is 5.28. The molecule has 0 radical (unpaired) electrons. The third-order valence-corrected chi connectivity index (χ3v) is 2.75. The van der Waals surface area contributed by atoms with E-state index in [4.69, 9.17) is 10.6 Å². The molecule has 0 amide bonds. The molecule has 0 spiro atoms. The highest BCUT2D eigenvalue weighted by Gasteiger charge is 2.14. The molecular weight excluding hydrogens is 208 g/mol. The molecule has 1 heterocycles. The maximum absolute atomic E-state index is 5.69. The Hall–Kier alpha value is -0.420. The van der Waals surface area contributed by atoms with Crippen LogP contribution in [0.2, 0.25) is 0 Å². The highest BCUT2D eigenvalue weighted by molar-refractivity contribution is 7.07. The molecule has 0 aliphatic heterocycles. The Morgan fingerprint density at radius 1 is 1.53 bits per heavy atom. The number of rotatable bonds is 5. The Morgan fingerprint density at radius 2 is 2.27 bits per heavy atom. The van der Waals surface area contributed by atoms with Gasteiger partial charge in [-0.2, -0.15) is 11.3 Å². The topological polar surface area (TPSA) is 47.3 Å². The first-order valence-electron chi connectivity index (χ1n) is 5.12. The number of thiophene rings is 1. The van der Waals surface area contributed by atoms with E-state index >= 15 is 0 Å². The van der Waals surface area contributed by atoms with E-state index < -0.39 is 0 Å². The summed E-state index contributed by atoms with van der Waals surface area (Å²) >= 11 is 1.71. The Morgan fingerprint density at radius 3 is 2.73 bits per heavy atom. The Labute approximate surface area is 95.6 Å². The highest BCUT2D eigenvalue weighted by Crippen LogP contribution is 2.11. The fourth-order valence-electron chi connectivity index (χ4n) is 1.21. The van der Waals surface area contributed by atoms with Crippen molar-refractivity contribution in [2.45, 2.75) is 38.8 Å². The number of nitrogens with two attached hydrogens (primary N) is 1.